The van der Waals surface area contributed by atoms with Crippen molar-refractivity contribution in [2.24, 2.45) is 0 Å². The number of likely N-dealkylation sites (tertiary alicyclic amines) is 1. The Labute approximate surface area is 101 Å². The molecule has 0 atom stereocenters. The van der Waals surface area contributed by atoms with Gasteiger partial charge in [0, 0.05) is 13.1 Å². The Hall–Kier alpha value is -1.77. The van der Waals surface area contributed by atoms with E-state index in [2.05, 4.69) is 0 Å². The highest BCUT2D eigenvalue weighted by Gasteiger charge is 2.25. The van der Waals surface area contributed by atoms with E-state index in [9.17, 15) is 9.90 Å². The summed E-state index contributed by atoms with van der Waals surface area (Å²) in [5.74, 6) is -0.180. The van der Waals surface area contributed by atoms with Gasteiger partial charge in [0.2, 0.25) is 0 Å². The second kappa shape index (κ2) is 5.04. The summed E-state index contributed by atoms with van der Waals surface area (Å²) in [5.41, 5.74) is 1.55. The van der Waals surface area contributed by atoms with Crippen LogP contribution >= 0.6 is 0 Å². The summed E-state index contributed by atoms with van der Waals surface area (Å²) in [7, 11) is 0. The number of carbonyl (C=O) groups excluding carboxylic acids is 1. The van der Waals surface area contributed by atoms with Crippen LogP contribution < -0.4 is 0 Å². The van der Waals surface area contributed by atoms with Gasteiger partial charge in [0.05, 0.1) is 5.57 Å². The van der Waals surface area contributed by atoms with Gasteiger partial charge in [0.25, 0.3) is 5.91 Å². The zero-order chi connectivity index (χ0) is 12.3. The highest BCUT2D eigenvalue weighted by atomic mass is 16.3. The van der Waals surface area contributed by atoms with E-state index in [-0.39, 0.29) is 11.7 Å². The van der Waals surface area contributed by atoms with Crippen LogP contribution in [0.4, 0.5) is 0 Å². The van der Waals surface area contributed by atoms with Gasteiger partial charge in [-0.1, -0.05) is 30.3 Å². The highest BCUT2D eigenvalue weighted by Crippen LogP contribution is 2.21. The molecule has 1 heterocycles. The number of hydrogen-bond acceptors (Lipinski definition) is 1. The molecule has 0 unspecified atom stereocenters. The minimum atomic E-state index is -0.0902. The molecule has 0 aliphatic carbocycles. The first kappa shape index (κ1) is 11.7. The predicted molar refractivity (Wildman–Crippen MR) is 64.5 cm³/mol. The number of piperidine rings is 1. The maximum atomic E-state index is 12.0. The number of allylic oxidation sites excluding steroid dienone is 1. The van der Waals surface area contributed by atoms with Crippen molar-refractivity contribution in [2.75, 3.05) is 6.54 Å². The SMILES string of the molecule is C/C([O])=C1/CCCN(Cc2ccccc2)C1=O. The molecule has 1 aromatic carbocycles. The van der Waals surface area contributed by atoms with Crippen molar-refractivity contribution in [1.82, 2.24) is 4.90 Å². The number of nitrogens with zero attached hydrogens (tertiary/aromatic N) is 1. The van der Waals surface area contributed by atoms with Crippen molar-refractivity contribution < 1.29 is 9.90 Å². The monoisotopic (exact) mass is 230 g/mol. The molecule has 1 amide bonds. The van der Waals surface area contributed by atoms with Crippen molar-refractivity contribution in [3.05, 3.63) is 47.2 Å². The molecular weight excluding hydrogens is 214 g/mol. The van der Waals surface area contributed by atoms with Crippen LogP contribution in [0.1, 0.15) is 25.3 Å². The molecule has 0 spiro atoms. The number of amides is 1. The van der Waals surface area contributed by atoms with Crippen LogP contribution in [-0.2, 0) is 16.4 Å². The first-order valence-corrected chi connectivity index (χ1v) is 5.88. The van der Waals surface area contributed by atoms with Crippen molar-refractivity contribution in [2.45, 2.75) is 26.3 Å². The molecule has 3 nitrogen and oxygen atoms in total. The van der Waals surface area contributed by atoms with Crippen LogP contribution in [0.25, 0.3) is 0 Å². The fourth-order valence-electron chi connectivity index (χ4n) is 2.13. The van der Waals surface area contributed by atoms with E-state index in [1.165, 1.54) is 6.92 Å². The minimum Gasteiger partial charge on any atom is -0.334 e. The molecule has 1 aliphatic heterocycles. The molecule has 17 heavy (non-hydrogen) atoms. The third-order valence-electron chi connectivity index (χ3n) is 3.04. The molecule has 2 rings (SSSR count). The van der Waals surface area contributed by atoms with Gasteiger partial charge in [-0.3, -0.25) is 9.90 Å². The Morgan fingerprint density at radius 3 is 2.65 bits per heavy atom. The van der Waals surface area contributed by atoms with Crippen molar-refractivity contribution in [3.63, 3.8) is 0 Å². The second-order valence-corrected chi connectivity index (χ2v) is 4.35. The molecule has 0 N–H and O–H groups in total. The molecule has 3 heteroatoms. The van der Waals surface area contributed by atoms with Gasteiger partial charge in [-0.05, 0) is 25.3 Å². The number of carbonyl (C=O) groups is 1. The number of rotatable bonds is 2. The quantitative estimate of drug-likeness (QED) is 0.568. The Balaban J connectivity index is 2.12. The van der Waals surface area contributed by atoms with Crippen LogP contribution in [0, 0.1) is 0 Å². The van der Waals surface area contributed by atoms with E-state index < -0.39 is 0 Å². The summed E-state index contributed by atoms with van der Waals surface area (Å²) in [6.07, 6.45) is 1.51. The second-order valence-electron chi connectivity index (χ2n) is 4.35. The van der Waals surface area contributed by atoms with Crippen molar-refractivity contribution >= 4 is 5.91 Å². The lowest BCUT2D eigenvalue weighted by Crippen LogP contribution is -2.36. The van der Waals surface area contributed by atoms with Crippen LogP contribution in [0.2, 0.25) is 0 Å². The summed E-state index contributed by atoms with van der Waals surface area (Å²) < 4.78 is 0. The largest absolute Gasteiger partial charge is 0.334 e. The minimum absolute atomic E-state index is 0.0900. The van der Waals surface area contributed by atoms with Gasteiger partial charge in [-0.25, -0.2) is 0 Å². The van der Waals surface area contributed by atoms with Gasteiger partial charge >= 0.3 is 0 Å². The normalized spacial score (nSPS) is 19.4. The molecule has 1 saturated heterocycles. The van der Waals surface area contributed by atoms with E-state index >= 15 is 0 Å². The van der Waals surface area contributed by atoms with Crippen LogP contribution in [-0.4, -0.2) is 17.4 Å². The smallest absolute Gasteiger partial charge is 0.253 e. The molecule has 0 bridgehead atoms. The third-order valence-corrected chi connectivity index (χ3v) is 3.04. The van der Waals surface area contributed by atoms with Gasteiger partial charge in [0.1, 0.15) is 0 Å². The maximum absolute atomic E-state index is 12.0. The standard InChI is InChI=1S/C14H16NO2/c1-11(16)13-8-5-9-15(14(13)17)10-12-6-3-2-4-7-12/h2-4,6-7H,5,8-10H2,1H3/b13-11+. The zero-order valence-electron chi connectivity index (χ0n) is 9.98. The first-order chi connectivity index (χ1) is 8.18. The van der Waals surface area contributed by atoms with Gasteiger partial charge < -0.3 is 4.90 Å². The number of benzene rings is 1. The predicted octanol–water partition coefficient (Wildman–Crippen LogP) is 2.51. The first-order valence-electron chi connectivity index (χ1n) is 5.88. The van der Waals surface area contributed by atoms with Gasteiger partial charge in [-0.2, -0.15) is 0 Å². The number of hydrogen-bond donors (Lipinski definition) is 0. The lowest BCUT2D eigenvalue weighted by Gasteiger charge is -2.28. The Morgan fingerprint density at radius 1 is 1.29 bits per heavy atom. The fraction of sp³-hybridized carbons (Fsp3) is 0.357. The molecule has 1 radical (unpaired) electrons. The molecular formula is C14H16NO2. The van der Waals surface area contributed by atoms with Crippen molar-refractivity contribution in [1.29, 1.82) is 0 Å². The van der Waals surface area contributed by atoms with Crippen LogP contribution in [0.15, 0.2) is 41.7 Å². The summed E-state index contributed by atoms with van der Waals surface area (Å²) >= 11 is 0. The van der Waals surface area contributed by atoms with E-state index in [0.29, 0.717) is 18.5 Å². The molecule has 1 fully saturated rings. The van der Waals surface area contributed by atoms with Gasteiger partial charge in [-0.15, -0.1) is 0 Å². The summed E-state index contributed by atoms with van der Waals surface area (Å²) in [4.78, 5) is 13.8. The Bertz CT molecular complexity index is 433. The van der Waals surface area contributed by atoms with E-state index in [4.69, 9.17) is 0 Å². The fourth-order valence-corrected chi connectivity index (χ4v) is 2.13. The lowest BCUT2D eigenvalue weighted by atomic mass is 10.0. The average Bonchev–Trinajstić information content (AvgIpc) is 2.33. The van der Waals surface area contributed by atoms with Gasteiger partial charge in [0.15, 0.2) is 5.76 Å². The lowest BCUT2D eigenvalue weighted by molar-refractivity contribution is -0.129. The summed E-state index contributed by atoms with van der Waals surface area (Å²) in [6.45, 7) is 2.81. The highest BCUT2D eigenvalue weighted by molar-refractivity contribution is 5.94. The van der Waals surface area contributed by atoms with E-state index in [1.54, 1.807) is 4.90 Å². The molecule has 1 aliphatic rings. The maximum Gasteiger partial charge on any atom is 0.253 e. The third kappa shape index (κ3) is 2.67. The van der Waals surface area contributed by atoms with Crippen molar-refractivity contribution in [3.8, 4) is 0 Å². The summed E-state index contributed by atoms with van der Waals surface area (Å²) in [6, 6.07) is 9.86. The van der Waals surface area contributed by atoms with E-state index in [1.807, 2.05) is 30.3 Å². The molecule has 0 aromatic heterocycles. The molecule has 1 aromatic rings. The molecule has 89 valence electrons. The Kier molecular flexibility index (Phi) is 3.47. The topological polar surface area (TPSA) is 40.2 Å². The molecule has 0 saturated carbocycles. The van der Waals surface area contributed by atoms with Crippen LogP contribution in [0.5, 0.6) is 0 Å². The zero-order valence-corrected chi connectivity index (χ0v) is 9.98. The average molecular weight is 230 g/mol. The van der Waals surface area contributed by atoms with Crippen LogP contribution in [0.3, 0.4) is 0 Å². The van der Waals surface area contributed by atoms with E-state index in [0.717, 1.165) is 18.5 Å². The summed E-state index contributed by atoms with van der Waals surface area (Å²) in [5, 5.41) is 11.3. The Morgan fingerprint density at radius 2 is 2.00 bits per heavy atom.